The van der Waals surface area contributed by atoms with Crippen molar-refractivity contribution in [2.75, 3.05) is 0 Å². The van der Waals surface area contributed by atoms with Crippen molar-refractivity contribution in [2.45, 2.75) is 13.8 Å². The number of aromatic hydroxyl groups is 2. The molecule has 0 spiro atoms. The number of nitrogens with zero attached hydrogens (tertiary/aromatic N) is 2. The van der Waals surface area contributed by atoms with Crippen LogP contribution in [-0.4, -0.2) is 21.6 Å². The highest BCUT2D eigenvalue weighted by Gasteiger charge is 2.15. The highest BCUT2D eigenvalue weighted by molar-refractivity contribution is 6.05. The average Bonchev–Trinajstić information content (AvgIpc) is 3.06. The van der Waals surface area contributed by atoms with Crippen molar-refractivity contribution in [3.63, 3.8) is 0 Å². The van der Waals surface area contributed by atoms with Crippen LogP contribution in [0.2, 0.25) is 0 Å². The largest absolute Gasteiger partial charge is 0.507 e. The van der Waals surface area contributed by atoms with Crippen LogP contribution in [0, 0.1) is 0 Å². The van der Waals surface area contributed by atoms with Crippen LogP contribution in [0.4, 0.5) is 11.4 Å². The Hall–Kier alpha value is -5.74. The lowest BCUT2D eigenvalue weighted by atomic mass is 9.94. The number of rotatable bonds is 7. The van der Waals surface area contributed by atoms with Crippen LogP contribution in [-0.2, 0) is 0 Å². The van der Waals surface area contributed by atoms with E-state index in [0.717, 1.165) is 44.8 Å². The normalized spacial score (nSPS) is 11.9. The molecule has 0 atom stereocenters. The van der Waals surface area contributed by atoms with Gasteiger partial charge in [0.1, 0.15) is 11.5 Å². The van der Waals surface area contributed by atoms with E-state index in [1.807, 2.05) is 74.5 Å². The maximum absolute atomic E-state index is 10.6. The minimum absolute atomic E-state index is 0.185. The first-order chi connectivity index (χ1) is 21.5. The van der Waals surface area contributed by atoms with Crippen LogP contribution in [0.15, 0.2) is 156 Å². The molecule has 0 fully saturated rings. The van der Waals surface area contributed by atoms with Crippen LogP contribution in [0.5, 0.6) is 11.5 Å². The van der Waals surface area contributed by atoms with Crippen LogP contribution in [0.25, 0.3) is 33.4 Å². The zero-order chi connectivity index (χ0) is 30.5. The summed E-state index contributed by atoms with van der Waals surface area (Å²) in [5.41, 5.74) is 10.3. The van der Waals surface area contributed by atoms with E-state index in [9.17, 15) is 10.2 Å². The van der Waals surface area contributed by atoms with Gasteiger partial charge in [-0.15, -0.1) is 0 Å². The molecule has 0 aliphatic rings. The minimum atomic E-state index is 0.185. The van der Waals surface area contributed by atoms with Gasteiger partial charge in [-0.1, -0.05) is 109 Å². The standard InChI is InChI=1S/C40H32N2O2/c1-27(33-17-9-11-19-39(33)43)41-37-25-31(29-13-5-3-6-14-29)21-23-35(37)36-24-22-32(30-15-7-4-8-16-30)26-38(36)42-28(2)34-18-10-12-20-40(34)44/h3-26,43-44H,1-2H3. The number of aliphatic imine (C=N–C) groups is 2. The molecule has 6 aromatic rings. The summed E-state index contributed by atoms with van der Waals surface area (Å²) in [5, 5.41) is 21.1. The van der Waals surface area contributed by atoms with E-state index in [1.54, 1.807) is 24.3 Å². The molecule has 0 bridgehead atoms. The van der Waals surface area contributed by atoms with Crippen molar-refractivity contribution in [2.24, 2.45) is 9.98 Å². The van der Waals surface area contributed by atoms with Crippen molar-refractivity contribution in [1.29, 1.82) is 0 Å². The molecule has 0 unspecified atom stereocenters. The first-order valence-electron chi connectivity index (χ1n) is 14.5. The highest BCUT2D eigenvalue weighted by atomic mass is 16.3. The summed E-state index contributed by atoms with van der Waals surface area (Å²) in [6.45, 7) is 3.82. The Morgan fingerprint density at radius 2 is 0.773 bits per heavy atom. The van der Waals surface area contributed by atoms with Gasteiger partial charge in [0.15, 0.2) is 0 Å². The second-order valence-corrected chi connectivity index (χ2v) is 10.6. The minimum Gasteiger partial charge on any atom is -0.507 e. The molecule has 4 heteroatoms. The highest BCUT2D eigenvalue weighted by Crippen LogP contribution is 2.42. The van der Waals surface area contributed by atoms with Crippen molar-refractivity contribution < 1.29 is 10.2 Å². The molecule has 0 amide bonds. The van der Waals surface area contributed by atoms with Gasteiger partial charge in [-0.2, -0.15) is 0 Å². The van der Waals surface area contributed by atoms with Gasteiger partial charge in [-0.05, 0) is 72.5 Å². The first-order valence-corrected chi connectivity index (χ1v) is 14.5. The van der Waals surface area contributed by atoms with Gasteiger partial charge < -0.3 is 10.2 Å². The van der Waals surface area contributed by atoms with Crippen LogP contribution >= 0.6 is 0 Å². The monoisotopic (exact) mass is 572 g/mol. The molecule has 0 saturated carbocycles. The summed E-state index contributed by atoms with van der Waals surface area (Å²) < 4.78 is 0. The SMILES string of the molecule is CC(=Nc1cc(-c2ccccc2)ccc1-c1ccc(-c2ccccc2)cc1N=C(C)c1ccccc1O)c1ccccc1O. The van der Waals surface area contributed by atoms with E-state index in [2.05, 4.69) is 60.7 Å². The fourth-order valence-corrected chi connectivity index (χ4v) is 5.37. The molecular weight excluding hydrogens is 540 g/mol. The fraction of sp³-hybridized carbons (Fsp3) is 0.0500. The van der Waals surface area contributed by atoms with E-state index < -0.39 is 0 Å². The van der Waals surface area contributed by atoms with Crippen molar-refractivity contribution in [3.8, 4) is 44.9 Å². The summed E-state index contributed by atoms with van der Waals surface area (Å²) >= 11 is 0. The number of hydrogen-bond donors (Lipinski definition) is 2. The Balaban J connectivity index is 1.57. The lowest BCUT2D eigenvalue weighted by Crippen LogP contribution is -1.96. The molecule has 0 heterocycles. The van der Waals surface area contributed by atoms with Crippen LogP contribution in [0.1, 0.15) is 25.0 Å². The second kappa shape index (κ2) is 12.6. The Kier molecular flexibility index (Phi) is 8.15. The third-order valence-corrected chi connectivity index (χ3v) is 7.66. The fourth-order valence-electron chi connectivity index (χ4n) is 5.37. The Morgan fingerprint density at radius 3 is 1.16 bits per heavy atom. The zero-order valence-electron chi connectivity index (χ0n) is 24.6. The summed E-state index contributed by atoms with van der Waals surface area (Å²) in [7, 11) is 0. The molecule has 214 valence electrons. The van der Waals surface area contributed by atoms with Crippen molar-refractivity contribution >= 4 is 22.8 Å². The average molecular weight is 573 g/mol. The van der Waals surface area contributed by atoms with E-state index in [1.165, 1.54) is 0 Å². The van der Waals surface area contributed by atoms with Gasteiger partial charge in [0, 0.05) is 33.7 Å². The lowest BCUT2D eigenvalue weighted by Gasteiger charge is -2.15. The maximum atomic E-state index is 10.6. The number of phenolic OH excluding ortho intramolecular Hbond substituents is 2. The predicted molar refractivity (Wildman–Crippen MR) is 183 cm³/mol. The van der Waals surface area contributed by atoms with Gasteiger partial charge in [0.2, 0.25) is 0 Å². The molecule has 44 heavy (non-hydrogen) atoms. The van der Waals surface area contributed by atoms with Gasteiger partial charge in [0.05, 0.1) is 11.4 Å². The molecule has 6 rings (SSSR count). The summed E-state index contributed by atoms with van der Waals surface area (Å²) in [6.07, 6.45) is 0. The van der Waals surface area contributed by atoms with E-state index in [0.29, 0.717) is 22.6 Å². The predicted octanol–water partition coefficient (Wildman–Crippen LogP) is 10.4. The van der Waals surface area contributed by atoms with Crippen molar-refractivity contribution in [1.82, 2.24) is 0 Å². The van der Waals surface area contributed by atoms with Crippen LogP contribution < -0.4 is 0 Å². The number of benzene rings is 6. The maximum Gasteiger partial charge on any atom is 0.124 e. The Labute approximate surface area is 258 Å². The van der Waals surface area contributed by atoms with E-state index >= 15 is 0 Å². The number of phenols is 2. The van der Waals surface area contributed by atoms with Gasteiger partial charge >= 0.3 is 0 Å². The lowest BCUT2D eigenvalue weighted by molar-refractivity contribution is 0.473. The molecule has 0 aliphatic heterocycles. The van der Waals surface area contributed by atoms with Crippen LogP contribution in [0.3, 0.4) is 0 Å². The Bertz CT molecular complexity index is 1850. The Morgan fingerprint density at radius 1 is 0.409 bits per heavy atom. The van der Waals surface area contributed by atoms with Gasteiger partial charge in [-0.25, -0.2) is 0 Å². The molecule has 6 aromatic carbocycles. The molecule has 0 aliphatic carbocycles. The number of hydrogen-bond acceptors (Lipinski definition) is 4. The smallest absolute Gasteiger partial charge is 0.124 e. The zero-order valence-corrected chi connectivity index (χ0v) is 24.6. The molecule has 2 N–H and O–H groups in total. The van der Waals surface area contributed by atoms with E-state index in [-0.39, 0.29) is 11.5 Å². The summed E-state index contributed by atoms with van der Waals surface area (Å²) in [4.78, 5) is 10.2. The topological polar surface area (TPSA) is 65.2 Å². The van der Waals surface area contributed by atoms with Gasteiger partial charge in [-0.3, -0.25) is 9.98 Å². The van der Waals surface area contributed by atoms with Gasteiger partial charge in [0.25, 0.3) is 0 Å². The first kappa shape index (κ1) is 28.4. The second-order valence-electron chi connectivity index (χ2n) is 10.6. The quantitative estimate of drug-likeness (QED) is 0.187. The molecule has 4 nitrogen and oxygen atoms in total. The third-order valence-electron chi connectivity index (χ3n) is 7.66. The summed E-state index contributed by atoms with van der Waals surface area (Å²) in [5.74, 6) is 0.371. The number of para-hydroxylation sites is 2. The summed E-state index contributed by atoms with van der Waals surface area (Å²) in [6, 6.07) is 47.5. The molecule has 0 saturated heterocycles. The third kappa shape index (κ3) is 6.06. The van der Waals surface area contributed by atoms with Crippen molar-refractivity contribution in [3.05, 3.63) is 157 Å². The van der Waals surface area contributed by atoms with E-state index in [4.69, 9.17) is 9.98 Å². The molecular formula is C40H32N2O2. The molecule has 0 radical (unpaired) electrons. The molecule has 0 aromatic heterocycles.